The van der Waals surface area contributed by atoms with E-state index in [4.69, 9.17) is 17.5 Å². The van der Waals surface area contributed by atoms with Crippen LogP contribution in [0.2, 0.25) is 0 Å². The van der Waals surface area contributed by atoms with Crippen molar-refractivity contribution in [2.45, 2.75) is 0 Å². The fourth-order valence-corrected chi connectivity index (χ4v) is 0.171. The van der Waals surface area contributed by atoms with E-state index in [0.29, 0.717) is 0 Å². The highest BCUT2D eigenvalue weighted by Gasteiger charge is 1.92. The monoisotopic (exact) mass is 124 g/mol. The number of carbonyl (C=O) groups excluding carboxylic acids is 1. The lowest BCUT2D eigenvalue weighted by Crippen LogP contribution is -2.20. The van der Waals surface area contributed by atoms with Gasteiger partial charge in [0.05, 0.1) is 6.54 Å². The van der Waals surface area contributed by atoms with Crippen LogP contribution in [-0.2, 0) is 9.63 Å². The van der Waals surface area contributed by atoms with Crippen LogP contribution >= 0.6 is 11.8 Å². The van der Waals surface area contributed by atoms with Crippen LogP contribution in [0.1, 0.15) is 0 Å². The second-order valence-corrected chi connectivity index (χ2v) is 0.910. The Morgan fingerprint density at radius 1 is 2.00 bits per heavy atom. The molecule has 0 saturated heterocycles. The zero-order valence-electron chi connectivity index (χ0n) is 3.48. The van der Waals surface area contributed by atoms with Crippen LogP contribution < -0.4 is 10.7 Å². The number of hydrogen-bond acceptors (Lipinski definition) is 4. The van der Waals surface area contributed by atoms with E-state index in [9.17, 15) is 4.79 Å². The molecule has 0 aliphatic heterocycles. The van der Waals surface area contributed by atoms with Crippen molar-refractivity contribution < 1.29 is 9.63 Å². The molecule has 0 aromatic heterocycles. The van der Waals surface area contributed by atoms with E-state index < -0.39 is 5.97 Å². The van der Waals surface area contributed by atoms with Crippen molar-refractivity contribution in [2.24, 2.45) is 5.73 Å². The van der Waals surface area contributed by atoms with Gasteiger partial charge in [-0.25, -0.2) is 4.79 Å². The predicted molar refractivity (Wildman–Crippen MR) is 24.1 cm³/mol. The van der Waals surface area contributed by atoms with Gasteiger partial charge in [0, 0.05) is 11.8 Å². The van der Waals surface area contributed by atoms with Gasteiger partial charge in [-0.3, -0.25) is 0 Å². The van der Waals surface area contributed by atoms with Crippen molar-refractivity contribution in [3.8, 4) is 0 Å². The van der Waals surface area contributed by atoms with E-state index in [0.717, 1.165) is 0 Å². The Morgan fingerprint density at radius 3 is 2.71 bits per heavy atom. The van der Waals surface area contributed by atoms with Gasteiger partial charge >= 0.3 is 5.97 Å². The van der Waals surface area contributed by atoms with Gasteiger partial charge in [0.1, 0.15) is 0 Å². The molecule has 0 atom stereocenters. The zero-order valence-corrected chi connectivity index (χ0v) is 4.23. The summed E-state index contributed by atoms with van der Waals surface area (Å²) < 4.78 is 0. The van der Waals surface area contributed by atoms with Gasteiger partial charge in [-0.05, 0) is 0 Å². The van der Waals surface area contributed by atoms with E-state index in [1.807, 2.05) is 0 Å². The molecule has 5 heteroatoms. The van der Waals surface area contributed by atoms with Crippen molar-refractivity contribution in [3.05, 3.63) is 0 Å². The molecule has 0 unspecified atom stereocenters. The maximum absolute atomic E-state index is 9.92. The quantitative estimate of drug-likeness (QED) is 0.372. The maximum Gasteiger partial charge on any atom is 0.339 e. The summed E-state index contributed by atoms with van der Waals surface area (Å²) in [5, 5.41) is 0. The molecule has 0 fully saturated rings. The van der Waals surface area contributed by atoms with Crippen LogP contribution in [0.5, 0.6) is 0 Å². The predicted octanol–water partition coefficient (Wildman–Crippen LogP) is -0.853. The number of rotatable bonds is 2. The molecule has 0 amide bonds. The Kier molecular flexibility index (Phi) is 3.68. The van der Waals surface area contributed by atoms with Gasteiger partial charge in [0.25, 0.3) is 0 Å². The van der Waals surface area contributed by atoms with Crippen LogP contribution in [0.3, 0.4) is 0 Å². The molecule has 3 N–H and O–H groups in total. The first-order chi connectivity index (χ1) is 3.31. The van der Waals surface area contributed by atoms with E-state index in [1.165, 1.54) is 0 Å². The lowest BCUT2D eigenvalue weighted by molar-refractivity contribution is -0.145. The number of carbonyl (C=O) groups is 1. The van der Waals surface area contributed by atoms with Crippen molar-refractivity contribution in [2.75, 3.05) is 6.54 Å². The molecule has 4 nitrogen and oxygen atoms in total. The van der Waals surface area contributed by atoms with Crippen LogP contribution in [0.15, 0.2) is 0 Å². The fraction of sp³-hybridized carbons (Fsp3) is 0.500. The highest BCUT2D eigenvalue weighted by molar-refractivity contribution is 6.13. The molecule has 0 aliphatic rings. The first-order valence-electron chi connectivity index (χ1n) is 1.56. The van der Waals surface area contributed by atoms with Gasteiger partial charge in [0.15, 0.2) is 0 Å². The summed E-state index contributed by atoms with van der Waals surface area (Å²) in [5.41, 5.74) is 4.78. The van der Waals surface area contributed by atoms with Gasteiger partial charge in [0.2, 0.25) is 0 Å². The summed E-state index contributed by atoms with van der Waals surface area (Å²) in [5.74, 6) is -0.588. The van der Waals surface area contributed by atoms with Crippen molar-refractivity contribution in [1.29, 1.82) is 0 Å². The minimum Gasteiger partial charge on any atom is -0.354 e. The highest BCUT2D eigenvalue weighted by Crippen LogP contribution is 1.67. The van der Waals surface area contributed by atoms with Gasteiger partial charge < -0.3 is 10.6 Å². The molecule has 42 valence electrons. The van der Waals surface area contributed by atoms with Crippen molar-refractivity contribution >= 4 is 17.7 Å². The summed E-state index contributed by atoms with van der Waals surface area (Å²) in [4.78, 5) is 15.5. The maximum atomic E-state index is 9.92. The average molecular weight is 125 g/mol. The Hall–Kier alpha value is -0.320. The summed E-state index contributed by atoms with van der Waals surface area (Å²) in [6.45, 7) is -0.167. The van der Waals surface area contributed by atoms with Gasteiger partial charge in [-0.15, -0.1) is 0 Å². The average Bonchev–Trinajstić information content (AvgIpc) is 1.68. The summed E-state index contributed by atoms with van der Waals surface area (Å²) in [6.07, 6.45) is 0. The lowest BCUT2D eigenvalue weighted by Gasteiger charge is -1.91. The van der Waals surface area contributed by atoms with E-state index in [-0.39, 0.29) is 6.54 Å². The topological polar surface area (TPSA) is 64.4 Å². The summed E-state index contributed by atoms with van der Waals surface area (Å²) >= 11 is 4.73. The molecule has 0 aromatic carbocycles. The first kappa shape index (κ1) is 6.68. The molecule has 7 heavy (non-hydrogen) atoms. The third kappa shape index (κ3) is 3.51. The van der Waals surface area contributed by atoms with E-state index in [1.54, 1.807) is 5.00 Å². The molecule has 0 heterocycles. The van der Waals surface area contributed by atoms with Crippen LogP contribution in [-0.4, -0.2) is 12.5 Å². The Morgan fingerprint density at radius 2 is 2.57 bits per heavy atom. The van der Waals surface area contributed by atoms with Crippen molar-refractivity contribution in [3.63, 3.8) is 0 Å². The summed E-state index contributed by atoms with van der Waals surface area (Å²) in [6, 6.07) is 0. The molecule has 0 saturated carbocycles. The molecular weight excluding hydrogens is 119 g/mol. The number of hydrogen-bond donors (Lipinski definition) is 2. The molecule has 0 bridgehead atoms. The molecule has 0 aliphatic carbocycles. The molecule has 0 aromatic rings. The third-order valence-corrected chi connectivity index (χ3v) is 0.396. The van der Waals surface area contributed by atoms with Gasteiger partial charge in [-0.2, -0.15) is 0 Å². The highest BCUT2D eigenvalue weighted by atomic mass is 35.5. The van der Waals surface area contributed by atoms with Crippen LogP contribution in [0.4, 0.5) is 0 Å². The normalized spacial score (nSPS) is 8.29. The number of halogens is 1. The second kappa shape index (κ2) is 3.86. The van der Waals surface area contributed by atoms with Crippen LogP contribution in [0, 0.1) is 0 Å². The molecular formula is C2H5ClN2O2. The van der Waals surface area contributed by atoms with Crippen molar-refractivity contribution in [1.82, 2.24) is 5.00 Å². The minimum atomic E-state index is -0.588. The first-order valence-corrected chi connectivity index (χ1v) is 1.94. The Bertz CT molecular complexity index is 66.7. The molecule has 0 spiro atoms. The van der Waals surface area contributed by atoms with E-state index in [2.05, 4.69) is 4.84 Å². The Balaban J connectivity index is 3.00. The second-order valence-electron chi connectivity index (χ2n) is 0.755. The zero-order chi connectivity index (χ0) is 5.70. The van der Waals surface area contributed by atoms with E-state index >= 15 is 0 Å². The summed E-state index contributed by atoms with van der Waals surface area (Å²) in [7, 11) is 0. The Labute approximate surface area is 45.6 Å². The standard InChI is InChI=1S/C2H5ClN2O2/c3-5-7-2(6)1-4/h5H,1,4H2. The minimum absolute atomic E-state index is 0.167. The fourth-order valence-electron chi connectivity index (χ4n) is 0.0847. The van der Waals surface area contributed by atoms with Gasteiger partial charge in [-0.1, -0.05) is 5.00 Å². The smallest absolute Gasteiger partial charge is 0.339 e. The number of nitrogens with two attached hydrogens (primary N) is 1. The molecule has 0 radical (unpaired) electrons. The molecule has 0 rings (SSSR count). The SMILES string of the molecule is NCC(=O)ONCl. The van der Waals surface area contributed by atoms with Crippen LogP contribution in [0.25, 0.3) is 0 Å². The third-order valence-electron chi connectivity index (χ3n) is 0.319. The largest absolute Gasteiger partial charge is 0.354 e. The number of nitrogens with one attached hydrogen (secondary N) is 1. The lowest BCUT2D eigenvalue weighted by atomic mass is 10.7.